The van der Waals surface area contributed by atoms with Gasteiger partial charge < -0.3 is 9.80 Å². The van der Waals surface area contributed by atoms with Crippen molar-refractivity contribution in [3.05, 3.63) is 119 Å². The van der Waals surface area contributed by atoms with Crippen molar-refractivity contribution in [1.29, 1.82) is 0 Å². The summed E-state index contributed by atoms with van der Waals surface area (Å²) >= 11 is 6.01. The van der Waals surface area contributed by atoms with Gasteiger partial charge in [-0.2, -0.15) is 0 Å². The molecule has 2 heterocycles. The first-order chi connectivity index (χ1) is 18.8. The van der Waals surface area contributed by atoms with Crippen molar-refractivity contribution >= 4 is 38.9 Å². The molecule has 7 nitrogen and oxygen atoms in total. The summed E-state index contributed by atoms with van der Waals surface area (Å²) in [6.07, 6.45) is 1.41. The number of aromatic nitrogens is 1. The van der Waals surface area contributed by atoms with Crippen molar-refractivity contribution in [2.45, 2.75) is 11.4 Å². The van der Waals surface area contributed by atoms with Gasteiger partial charge in [-0.3, -0.25) is 9.10 Å². The van der Waals surface area contributed by atoms with Gasteiger partial charge in [-0.25, -0.2) is 17.8 Å². The summed E-state index contributed by atoms with van der Waals surface area (Å²) in [7, 11) is -3.92. The van der Waals surface area contributed by atoms with Crippen LogP contribution in [0.2, 0.25) is 5.02 Å². The third-order valence-electron chi connectivity index (χ3n) is 6.57. The average Bonchev–Trinajstić information content (AvgIpc) is 2.97. The first-order valence-corrected chi connectivity index (χ1v) is 14.2. The van der Waals surface area contributed by atoms with Crippen LogP contribution in [-0.2, 0) is 16.6 Å². The first-order valence-electron chi connectivity index (χ1n) is 12.4. The Kier molecular flexibility index (Phi) is 7.81. The molecule has 1 aliphatic rings. The lowest BCUT2D eigenvalue weighted by molar-refractivity contribution is 0.0741. The summed E-state index contributed by atoms with van der Waals surface area (Å²) in [6, 6.07) is 24.7. The van der Waals surface area contributed by atoms with Crippen molar-refractivity contribution in [1.82, 2.24) is 9.88 Å². The third-order valence-corrected chi connectivity index (χ3v) is 8.61. The number of hydrogen-bond donors (Lipinski definition) is 0. The number of carbonyl (C=O) groups excluding carboxylic acids is 1. The van der Waals surface area contributed by atoms with Gasteiger partial charge in [0.2, 0.25) is 0 Å². The van der Waals surface area contributed by atoms with E-state index in [0.717, 1.165) is 11.3 Å². The Morgan fingerprint density at radius 2 is 1.62 bits per heavy atom. The lowest BCUT2D eigenvalue weighted by Crippen LogP contribution is -2.49. The number of piperazine rings is 1. The van der Waals surface area contributed by atoms with E-state index in [2.05, 4.69) is 4.98 Å². The fourth-order valence-electron chi connectivity index (χ4n) is 4.45. The number of carbonyl (C=O) groups is 1. The van der Waals surface area contributed by atoms with E-state index in [1.165, 1.54) is 22.6 Å². The fraction of sp³-hybridized carbons (Fsp3) is 0.172. The molecule has 39 heavy (non-hydrogen) atoms. The first kappa shape index (κ1) is 26.6. The Balaban J connectivity index is 1.34. The van der Waals surface area contributed by atoms with Gasteiger partial charge in [0.05, 0.1) is 23.3 Å². The smallest absolute Gasteiger partial charge is 0.272 e. The molecule has 1 amide bonds. The molecule has 0 atom stereocenters. The molecule has 1 fully saturated rings. The minimum Gasteiger partial charge on any atom is -0.368 e. The molecule has 5 rings (SSSR count). The Bertz CT molecular complexity index is 1540. The summed E-state index contributed by atoms with van der Waals surface area (Å²) in [5, 5.41) is 0.553. The number of halogens is 2. The molecule has 200 valence electrons. The quantitative estimate of drug-likeness (QED) is 0.307. The predicted octanol–water partition coefficient (Wildman–Crippen LogP) is 5.23. The van der Waals surface area contributed by atoms with E-state index in [-0.39, 0.29) is 28.9 Å². The number of pyridine rings is 1. The number of sulfonamides is 1. The normalized spacial score (nSPS) is 13.8. The highest BCUT2D eigenvalue weighted by Crippen LogP contribution is 2.26. The van der Waals surface area contributed by atoms with Gasteiger partial charge in [-0.05, 0) is 60.2 Å². The molecule has 0 saturated carbocycles. The zero-order valence-corrected chi connectivity index (χ0v) is 22.5. The molecule has 0 radical (unpaired) electrons. The minimum atomic E-state index is -3.92. The van der Waals surface area contributed by atoms with Gasteiger partial charge in [-0.1, -0.05) is 48.0 Å². The molecule has 1 aliphatic heterocycles. The second kappa shape index (κ2) is 11.4. The molecule has 1 saturated heterocycles. The van der Waals surface area contributed by atoms with E-state index in [4.69, 9.17) is 11.6 Å². The lowest BCUT2D eigenvalue weighted by Gasteiger charge is -2.36. The number of nitrogens with zero attached hydrogens (tertiary/aromatic N) is 4. The highest BCUT2D eigenvalue weighted by molar-refractivity contribution is 7.92. The molecular weight excluding hydrogens is 539 g/mol. The standard InChI is InChI=1S/C29H26ClFN4O3S/c30-23-11-9-22(10-12-23)21-35(39(37,38)27-7-2-1-3-8-27)26-13-14-28(32-20-26)29(36)34-17-15-33(16-18-34)25-6-4-5-24(31)19-25/h1-14,19-20H,15-18,21H2. The molecule has 10 heteroatoms. The van der Waals surface area contributed by atoms with Crippen LogP contribution in [-0.4, -0.2) is 50.4 Å². The Morgan fingerprint density at radius 1 is 0.897 bits per heavy atom. The molecule has 3 aromatic carbocycles. The SMILES string of the molecule is O=C(c1ccc(N(Cc2ccc(Cl)cc2)S(=O)(=O)c2ccccc2)cn1)N1CCN(c2cccc(F)c2)CC1. The summed E-state index contributed by atoms with van der Waals surface area (Å²) in [5.74, 6) is -0.537. The van der Waals surface area contributed by atoms with E-state index < -0.39 is 10.0 Å². The Morgan fingerprint density at radius 3 is 2.26 bits per heavy atom. The number of anilines is 2. The number of amides is 1. The van der Waals surface area contributed by atoms with Crippen LogP contribution in [0.3, 0.4) is 0 Å². The zero-order valence-electron chi connectivity index (χ0n) is 21.0. The van der Waals surface area contributed by atoms with Crippen LogP contribution in [0.4, 0.5) is 15.8 Å². The number of rotatable bonds is 7. The molecule has 0 spiro atoms. The zero-order chi connectivity index (χ0) is 27.4. The summed E-state index contributed by atoms with van der Waals surface area (Å²) in [6.45, 7) is 2.12. The van der Waals surface area contributed by atoms with Crippen molar-refractivity contribution in [3.8, 4) is 0 Å². The molecule has 1 aromatic heterocycles. The van der Waals surface area contributed by atoms with E-state index in [1.807, 2.05) is 11.0 Å². The third kappa shape index (κ3) is 6.05. The molecule has 0 bridgehead atoms. The van der Waals surface area contributed by atoms with Gasteiger partial charge in [-0.15, -0.1) is 0 Å². The largest absolute Gasteiger partial charge is 0.368 e. The van der Waals surface area contributed by atoms with Gasteiger partial charge in [0.15, 0.2) is 0 Å². The summed E-state index contributed by atoms with van der Waals surface area (Å²) in [5.41, 5.74) is 2.09. The number of benzene rings is 3. The lowest BCUT2D eigenvalue weighted by atomic mass is 10.2. The van der Waals surface area contributed by atoms with Crippen molar-refractivity contribution in [2.24, 2.45) is 0 Å². The van der Waals surface area contributed by atoms with Gasteiger partial charge in [0, 0.05) is 36.9 Å². The Hall–Kier alpha value is -3.95. The minimum absolute atomic E-state index is 0.0609. The maximum absolute atomic E-state index is 13.6. The van der Waals surface area contributed by atoms with Crippen LogP contribution in [0, 0.1) is 5.82 Å². The van der Waals surface area contributed by atoms with Crippen LogP contribution in [0.1, 0.15) is 16.1 Å². The fourth-order valence-corrected chi connectivity index (χ4v) is 6.04. The van der Waals surface area contributed by atoms with E-state index in [1.54, 1.807) is 77.7 Å². The van der Waals surface area contributed by atoms with Gasteiger partial charge in [0.1, 0.15) is 11.5 Å². The molecule has 0 unspecified atom stereocenters. The van der Waals surface area contributed by atoms with E-state index >= 15 is 0 Å². The van der Waals surface area contributed by atoms with Crippen molar-refractivity contribution in [2.75, 3.05) is 35.4 Å². The maximum Gasteiger partial charge on any atom is 0.272 e. The summed E-state index contributed by atoms with van der Waals surface area (Å²) in [4.78, 5) is 21.4. The highest BCUT2D eigenvalue weighted by Gasteiger charge is 2.27. The second-order valence-corrected chi connectivity index (χ2v) is 11.4. The van der Waals surface area contributed by atoms with Crippen molar-refractivity contribution in [3.63, 3.8) is 0 Å². The number of hydrogen-bond acceptors (Lipinski definition) is 5. The van der Waals surface area contributed by atoms with E-state index in [0.29, 0.717) is 36.9 Å². The molecule has 0 aliphatic carbocycles. The second-order valence-electron chi connectivity index (χ2n) is 9.11. The maximum atomic E-state index is 13.6. The van der Waals surface area contributed by atoms with Crippen LogP contribution in [0.25, 0.3) is 0 Å². The summed E-state index contributed by atoms with van der Waals surface area (Å²) < 4.78 is 42.1. The monoisotopic (exact) mass is 564 g/mol. The molecule has 4 aromatic rings. The van der Waals surface area contributed by atoms with Crippen molar-refractivity contribution < 1.29 is 17.6 Å². The van der Waals surface area contributed by atoms with Crippen LogP contribution in [0.15, 0.2) is 102 Å². The highest BCUT2D eigenvalue weighted by atomic mass is 35.5. The van der Waals surface area contributed by atoms with E-state index in [9.17, 15) is 17.6 Å². The molecular formula is C29H26ClFN4O3S. The van der Waals surface area contributed by atoms with Gasteiger partial charge in [0.25, 0.3) is 15.9 Å². The average molecular weight is 565 g/mol. The van der Waals surface area contributed by atoms with Crippen LogP contribution in [0.5, 0.6) is 0 Å². The predicted molar refractivity (Wildman–Crippen MR) is 150 cm³/mol. The Labute approximate surface area is 232 Å². The van der Waals surface area contributed by atoms with Gasteiger partial charge >= 0.3 is 0 Å². The van der Waals surface area contributed by atoms with Crippen LogP contribution < -0.4 is 9.21 Å². The molecule has 0 N–H and O–H groups in total. The van der Waals surface area contributed by atoms with Crippen LogP contribution >= 0.6 is 11.6 Å². The topological polar surface area (TPSA) is 73.8 Å².